The van der Waals surface area contributed by atoms with Crippen LogP contribution in [-0.4, -0.2) is 28.4 Å². The number of allylic oxidation sites excluding steroid dienone is 2. The molecular formula is C24H28O4. The second-order valence-electron chi connectivity index (χ2n) is 6.85. The summed E-state index contributed by atoms with van der Waals surface area (Å²) in [6.07, 6.45) is 11.4. The monoisotopic (exact) mass is 380 g/mol. The Kier molecular flexibility index (Phi) is 6.64. The highest BCUT2D eigenvalue weighted by atomic mass is 16.5. The highest BCUT2D eigenvalue weighted by Gasteiger charge is 2.26. The fourth-order valence-electron chi connectivity index (χ4n) is 3.41. The summed E-state index contributed by atoms with van der Waals surface area (Å²) in [6, 6.07) is 12.0. The van der Waals surface area contributed by atoms with Gasteiger partial charge >= 0.3 is 0 Å². The predicted molar refractivity (Wildman–Crippen MR) is 113 cm³/mol. The van der Waals surface area contributed by atoms with Gasteiger partial charge in [0.15, 0.2) is 23.0 Å². The molecule has 3 rings (SSSR count). The lowest BCUT2D eigenvalue weighted by molar-refractivity contribution is 0.288. The van der Waals surface area contributed by atoms with Gasteiger partial charge in [-0.15, -0.1) is 0 Å². The van der Waals surface area contributed by atoms with Crippen LogP contribution in [0.1, 0.15) is 24.0 Å². The van der Waals surface area contributed by atoms with Crippen molar-refractivity contribution in [2.75, 3.05) is 28.4 Å². The summed E-state index contributed by atoms with van der Waals surface area (Å²) < 4.78 is 21.4. The number of hydrogen-bond acceptors (Lipinski definition) is 4. The van der Waals surface area contributed by atoms with Crippen LogP contribution in [0, 0.1) is 11.8 Å². The van der Waals surface area contributed by atoms with Gasteiger partial charge in [0.25, 0.3) is 0 Å². The molecule has 0 N–H and O–H groups in total. The number of rotatable bonds is 8. The Morgan fingerprint density at radius 3 is 1.32 bits per heavy atom. The molecule has 0 spiro atoms. The van der Waals surface area contributed by atoms with Gasteiger partial charge in [0.05, 0.1) is 28.4 Å². The maximum absolute atomic E-state index is 5.38. The topological polar surface area (TPSA) is 36.9 Å². The van der Waals surface area contributed by atoms with Gasteiger partial charge in [-0.2, -0.15) is 0 Å². The van der Waals surface area contributed by atoms with Gasteiger partial charge in [0, 0.05) is 0 Å². The molecule has 2 aromatic rings. The number of ether oxygens (including phenoxy) is 4. The number of benzene rings is 2. The van der Waals surface area contributed by atoms with Crippen LogP contribution >= 0.6 is 0 Å². The van der Waals surface area contributed by atoms with Crippen molar-refractivity contribution < 1.29 is 18.9 Å². The Balaban J connectivity index is 1.65. The van der Waals surface area contributed by atoms with Crippen molar-refractivity contribution in [3.63, 3.8) is 0 Å². The van der Waals surface area contributed by atoms with Crippen molar-refractivity contribution in [3.05, 3.63) is 59.7 Å². The molecule has 1 aliphatic carbocycles. The first-order valence-electron chi connectivity index (χ1n) is 9.49. The molecule has 148 valence electrons. The Morgan fingerprint density at radius 2 is 1.00 bits per heavy atom. The Hall–Kier alpha value is -2.88. The Morgan fingerprint density at radius 1 is 0.607 bits per heavy atom. The van der Waals surface area contributed by atoms with E-state index in [2.05, 4.69) is 24.3 Å². The largest absolute Gasteiger partial charge is 0.493 e. The second-order valence-corrected chi connectivity index (χ2v) is 6.85. The third-order valence-corrected chi connectivity index (χ3v) is 5.27. The summed E-state index contributed by atoms with van der Waals surface area (Å²) in [7, 11) is 6.62. The maximum atomic E-state index is 5.38. The highest BCUT2D eigenvalue weighted by molar-refractivity contribution is 5.58. The molecular weight excluding hydrogens is 352 g/mol. The molecule has 0 heterocycles. The van der Waals surface area contributed by atoms with E-state index in [0.29, 0.717) is 11.8 Å². The fourth-order valence-corrected chi connectivity index (χ4v) is 3.41. The van der Waals surface area contributed by atoms with Crippen molar-refractivity contribution >= 4 is 12.2 Å². The molecule has 2 atom stereocenters. The Labute approximate surface area is 167 Å². The molecule has 0 bridgehead atoms. The minimum Gasteiger partial charge on any atom is -0.493 e. The minimum atomic E-state index is 0.560. The molecule has 0 unspecified atom stereocenters. The van der Waals surface area contributed by atoms with E-state index < -0.39 is 0 Å². The summed E-state index contributed by atoms with van der Waals surface area (Å²) in [6.45, 7) is 0. The SMILES string of the molecule is COc1ccc(C=C[C@@H]2CC[C@@H]2C=Cc2ccc(OC)c(OC)c2)cc1OC. The van der Waals surface area contributed by atoms with Gasteiger partial charge in [-0.05, 0) is 60.1 Å². The normalized spacial score (nSPS) is 18.9. The molecule has 0 radical (unpaired) electrons. The smallest absolute Gasteiger partial charge is 0.161 e. The van der Waals surface area contributed by atoms with Crippen LogP contribution in [0.5, 0.6) is 23.0 Å². The van der Waals surface area contributed by atoms with Crippen molar-refractivity contribution in [3.8, 4) is 23.0 Å². The van der Waals surface area contributed by atoms with E-state index >= 15 is 0 Å². The average Bonchev–Trinajstić information content (AvgIpc) is 2.72. The highest BCUT2D eigenvalue weighted by Crippen LogP contribution is 2.38. The lowest BCUT2D eigenvalue weighted by Crippen LogP contribution is -2.21. The predicted octanol–water partition coefficient (Wildman–Crippen LogP) is 5.47. The van der Waals surface area contributed by atoms with E-state index in [9.17, 15) is 0 Å². The lowest BCUT2D eigenvalue weighted by Gasteiger charge is -2.32. The molecule has 2 aromatic carbocycles. The summed E-state index contributed by atoms with van der Waals surface area (Å²) >= 11 is 0. The van der Waals surface area contributed by atoms with Gasteiger partial charge in [-0.3, -0.25) is 0 Å². The van der Waals surface area contributed by atoms with Gasteiger partial charge in [0.2, 0.25) is 0 Å². The van der Waals surface area contributed by atoms with Crippen molar-refractivity contribution in [2.45, 2.75) is 12.8 Å². The molecule has 1 saturated carbocycles. The van der Waals surface area contributed by atoms with E-state index in [1.165, 1.54) is 12.8 Å². The van der Waals surface area contributed by atoms with E-state index in [4.69, 9.17) is 18.9 Å². The van der Waals surface area contributed by atoms with Crippen LogP contribution in [0.3, 0.4) is 0 Å². The van der Waals surface area contributed by atoms with Gasteiger partial charge in [0.1, 0.15) is 0 Å². The zero-order chi connectivity index (χ0) is 19.9. The lowest BCUT2D eigenvalue weighted by atomic mass is 9.73. The molecule has 0 saturated heterocycles. The first-order valence-corrected chi connectivity index (χ1v) is 9.49. The molecule has 1 fully saturated rings. The molecule has 0 aromatic heterocycles. The Bertz CT molecular complexity index is 782. The van der Waals surface area contributed by atoms with Crippen LogP contribution in [0.25, 0.3) is 12.2 Å². The zero-order valence-electron chi connectivity index (χ0n) is 17.0. The van der Waals surface area contributed by atoms with Gasteiger partial charge in [-0.1, -0.05) is 36.4 Å². The summed E-state index contributed by atoms with van der Waals surface area (Å²) in [5.41, 5.74) is 2.24. The van der Waals surface area contributed by atoms with Crippen LogP contribution in [0.15, 0.2) is 48.6 Å². The minimum absolute atomic E-state index is 0.560. The second kappa shape index (κ2) is 9.36. The van der Waals surface area contributed by atoms with Crippen molar-refractivity contribution in [1.29, 1.82) is 0 Å². The molecule has 4 heteroatoms. The first-order chi connectivity index (χ1) is 13.7. The zero-order valence-corrected chi connectivity index (χ0v) is 17.0. The number of hydrogen-bond donors (Lipinski definition) is 0. The van der Waals surface area contributed by atoms with Gasteiger partial charge < -0.3 is 18.9 Å². The van der Waals surface area contributed by atoms with E-state index in [0.717, 1.165) is 34.1 Å². The van der Waals surface area contributed by atoms with Crippen LogP contribution in [0.4, 0.5) is 0 Å². The van der Waals surface area contributed by atoms with E-state index in [-0.39, 0.29) is 0 Å². The van der Waals surface area contributed by atoms with Crippen molar-refractivity contribution in [2.24, 2.45) is 11.8 Å². The van der Waals surface area contributed by atoms with Gasteiger partial charge in [-0.25, -0.2) is 0 Å². The third kappa shape index (κ3) is 4.50. The fraction of sp³-hybridized carbons (Fsp3) is 0.333. The maximum Gasteiger partial charge on any atom is 0.161 e. The average molecular weight is 380 g/mol. The van der Waals surface area contributed by atoms with E-state index in [1.54, 1.807) is 28.4 Å². The summed E-state index contributed by atoms with van der Waals surface area (Å²) in [4.78, 5) is 0. The molecule has 0 aliphatic heterocycles. The van der Waals surface area contributed by atoms with Crippen molar-refractivity contribution in [1.82, 2.24) is 0 Å². The first kappa shape index (κ1) is 19.9. The van der Waals surface area contributed by atoms with E-state index in [1.807, 2.05) is 36.4 Å². The molecule has 1 aliphatic rings. The molecule has 4 nitrogen and oxygen atoms in total. The quantitative estimate of drug-likeness (QED) is 0.608. The molecule has 28 heavy (non-hydrogen) atoms. The number of methoxy groups -OCH3 is 4. The van der Waals surface area contributed by atoms with Crippen LogP contribution < -0.4 is 18.9 Å². The summed E-state index contributed by atoms with van der Waals surface area (Å²) in [5.74, 6) is 4.12. The third-order valence-electron chi connectivity index (χ3n) is 5.27. The molecule has 0 amide bonds. The van der Waals surface area contributed by atoms with Crippen LogP contribution in [-0.2, 0) is 0 Å². The van der Waals surface area contributed by atoms with Crippen LogP contribution in [0.2, 0.25) is 0 Å². The summed E-state index contributed by atoms with van der Waals surface area (Å²) in [5, 5.41) is 0. The standard InChI is InChI=1S/C24H28O4/c1-25-21-13-7-17(15-23(21)27-3)5-9-19-11-12-20(19)10-6-18-8-14-22(26-2)24(16-18)28-4/h5-10,13-16,19-20H,11-12H2,1-4H3/t19-,20+.